The molecule has 310 valence electrons. The largest absolute Gasteiger partial charge is 0.508 e. The topological polar surface area (TPSA) is 301 Å². The molecule has 0 saturated heterocycles. The first-order chi connectivity index (χ1) is 26.7. The van der Waals surface area contributed by atoms with E-state index in [9.17, 15) is 48.6 Å². The summed E-state index contributed by atoms with van der Waals surface area (Å²) in [6.45, 7) is 7.46. The number of fused-ring (bicyclic) bond motifs is 1. The van der Waals surface area contributed by atoms with E-state index in [2.05, 4.69) is 31.9 Å². The highest BCUT2D eigenvalue weighted by atomic mass is 16.4. The lowest BCUT2D eigenvalue weighted by Crippen LogP contribution is -2.67. The second-order valence-corrected chi connectivity index (χ2v) is 15.0. The SMILES string of the molecule is CC(NC(=O)C(N)Cc1ccc(O)cc1)C(=O)NC1(C(=O)NC(CC(=O)O)C(=O)NC(C(=O)NC(C(=O)NCC(N)=O)C(C)C)C(C)C)CCc2ccccc2C1. The first-order valence-electron chi connectivity index (χ1n) is 18.6. The standard InChI is InChI=1S/C39H54N8O10/c1-20(2)31(36(55)42-19-29(41)49)46-37(56)32(21(3)4)45-35(54)28(17-30(50)51)44-38(57)39(15-14-24-8-6-7-9-25(24)18-39)47-33(52)22(5)43-34(53)27(40)16-23-10-12-26(48)13-11-23/h6-13,20-22,27-28,31-32,48H,14-19,40H2,1-5H3,(H2,41,49)(H,42,55)(H,43,53)(H,44,57)(H,45,54)(H,46,56)(H,47,52)(H,50,51). The number of hydrogen-bond acceptors (Lipinski definition) is 10. The molecule has 2 aromatic carbocycles. The number of phenols is 1. The monoisotopic (exact) mass is 794 g/mol. The van der Waals surface area contributed by atoms with Gasteiger partial charge < -0.3 is 53.6 Å². The minimum absolute atomic E-state index is 0.0331. The lowest BCUT2D eigenvalue weighted by Gasteiger charge is -2.39. The molecular weight excluding hydrogens is 740 g/mol. The molecule has 0 heterocycles. The van der Waals surface area contributed by atoms with E-state index in [4.69, 9.17) is 11.5 Å². The van der Waals surface area contributed by atoms with E-state index >= 15 is 0 Å². The van der Waals surface area contributed by atoms with Gasteiger partial charge in [0.05, 0.1) is 19.0 Å². The smallest absolute Gasteiger partial charge is 0.305 e. The zero-order chi connectivity index (χ0) is 42.6. The molecule has 0 fully saturated rings. The van der Waals surface area contributed by atoms with E-state index in [1.165, 1.54) is 19.1 Å². The predicted octanol–water partition coefficient (Wildman–Crippen LogP) is -1.35. The van der Waals surface area contributed by atoms with Crippen molar-refractivity contribution in [2.24, 2.45) is 23.3 Å². The van der Waals surface area contributed by atoms with Crippen LogP contribution in [0.1, 0.15) is 64.2 Å². The van der Waals surface area contributed by atoms with Crippen molar-refractivity contribution in [3.8, 4) is 5.75 Å². The van der Waals surface area contributed by atoms with Crippen LogP contribution in [0.5, 0.6) is 5.75 Å². The molecule has 1 aliphatic carbocycles. The highest BCUT2D eigenvalue weighted by Gasteiger charge is 2.45. The lowest BCUT2D eigenvalue weighted by atomic mass is 9.77. The quantitative estimate of drug-likeness (QED) is 0.0793. The fourth-order valence-corrected chi connectivity index (χ4v) is 6.33. The first kappa shape index (κ1) is 45.4. The van der Waals surface area contributed by atoms with Crippen molar-refractivity contribution in [2.75, 3.05) is 6.54 Å². The van der Waals surface area contributed by atoms with Crippen LogP contribution in [-0.2, 0) is 57.6 Å². The summed E-state index contributed by atoms with van der Waals surface area (Å²) in [4.78, 5) is 104. The van der Waals surface area contributed by atoms with Crippen molar-refractivity contribution >= 4 is 47.3 Å². The molecule has 7 amide bonds. The van der Waals surface area contributed by atoms with Gasteiger partial charge >= 0.3 is 5.97 Å². The Morgan fingerprint density at radius 3 is 1.89 bits per heavy atom. The van der Waals surface area contributed by atoms with Gasteiger partial charge in [-0.1, -0.05) is 64.1 Å². The van der Waals surface area contributed by atoms with Crippen LogP contribution < -0.4 is 43.4 Å². The average Bonchev–Trinajstić information content (AvgIpc) is 3.14. The number of primary amides is 1. The molecule has 6 unspecified atom stereocenters. The molecule has 0 saturated carbocycles. The maximum absolute atomic E-state index is 14.3. The molecule has 57 heavy (non-hydrogen) atoms. The van der Waals surface area contributed by atoms with Crippen molar-refractivity contribution in [1.29, 1.82) is 0 Å². The number of hydrogen-bond donors (Lipinski definition) is 10. The van der Waals surface area contributed by atoms with Crippen molar-refractivity contribution in [3.63, 3.8) is 0 Å². The molecule has 18 heteroatoms. The number of nitrogens with two attached hydrogens (primary N) is 2. The third-order valence-electron chi connectivity index (χ3n) is 9.64. The molecule has 12 N–H and O–H groups in total. The van der Waals surface area contributed by atoms with Gasteiger partial charge in [0.2, 0.25) is 41.4 Å². The summed E-state index contributed by atoms with van der Waals surface area (Å²) >= 11 is 0. The highest BCUT2D eigenvalue weighted by Crippen LogP contribution is 2.30. The Hall–Kier alpha value is -6.04. The fraction of sp³-hybridized carbons (Fsp3) is 0.487. The van der Waals surface area contributed by atoms with Gasteiger partial charge in [0.15, 0.2) is 0 Å². The normalized spacial score (nSPS) is 17.4. The Morgan fingerprint density at radius 1 is 0.737 bits per heavy atom. The number of phenolic OH excluding ortho intramolecular Hbond substituents is 1. The van der Waals surface area contributed by atoms with Crippen LogP contribution >= 0.6 is 0 Å². The molecule has 18 nitrogen and oxygen atoms in total. The predicted molar refractivity (Wildman–Crippen MR) is 207 cm³/mol. The Balaban J connectivity index is 1.83. The number of aromatic hydroxyl groups is 1. The Labute approximate surface area is 330 Å². The van der Waals surface area contributed by atoms with Gasteiger partial charge in [0, 0.05) is 6.42 Å². The molecule has 3 rings (SSSR count). The van der Waals surface area contributed by atoms with Crippen LogP contribution in [0.3, 0.4) is 0 Å². The van der Waals surface area contributed by atoms with Crippen LogP contribution in [0.25, 0.3) is 0 Å². The minimum Gasteiger partial charge on any atom is -0.508 e. The summed E-state index contributed by atoms with van der Waals surface area (Å²) in [6.07, 6.45) is -0.428. The zero-order valence-electron chi connectivity index (χ0n) is 32.7. The molecule has 6 atom stereocenters. The molecular formula is C39H54N8O10. The first-order valence-corrected chi connectivity index (χ1v) is 18.6. The Kier molecular flexibility index (Phi) is 16.1. The number of benzene rings is 2. The summed E-state index contributed by atoms with van der Waals surface area (Å²) in [7, 11) is 0. The van der Waals surface area contributed by atoms with Crippen LogP contribution in [0.15, 0.2) is 48.5 Å². The van der Waals surface area contributed by atoms with E-state index in [-0.39, 0.29) is 25.0 Å². The third-order valence-corrected chi connectivity index (χ3v) is 9.64. The Morgan fingerprint density at radius 2 is 1.32 bits per heavy atom. The van der Waals surface area contributed by atoms with E-state index in [1.807, 2.05) is 12.1 Å². The summed E-state index contributed by atoms with van der Waals surface area (Å²) < 4.78 is 0. The number of carbonyl (C=O) groups excluding carboxylic acids is 7. The second-order valence-electron chi connectivity index (χ2n) is 15.0. The number of aryl methyl sites for hydroxylation is 1. The van der Waals surface area contributed by atoms with E-state index in [0.29, 0.717) is 12.0 Å². The van der Waals surface area contributed by atoms with Crippen molar-refractivity contribution in [1.82, 2.24) is 31.9 Å². The summed E-state index contributed by atoms with van der Waals surface area (Å²) in [6, 6.07) is 7.00. The molecule has 0 spiro atoms. The molecule has 0 radical (unpaired) electrons. The summed E-state index contributed by atoms with van der Waals surface area (Å²) in [5.41, 5.74) is 11.8. The van der Waals surface area contributed by atoms with Crippen molar-refractivity contribution in [2.45, 2.75) is 102 Å². The number of aliphatic carboxylic acids is 1. The molecule has 2 aromatic rings. The molecule has 0 aromatic heterocycles. The van der Waals surface area contributed by atoms with E-state index in [0.717, 1.165) is 11.1 Å². The number of carboxylic acids is 1. The van der Waals surface area contributed by atoms with Gasteiger partial charge in [-0.05, 0) is 66.8 Å². The molecule has 0 bridgehead atoms. The number of carboxylic acid groups (broad SMARTS) is 1. The van der Waals surface area contributed by atoms with Crippen molar-refractivity contribution < 1.29 is 48.6 Å². The van der Waals surface area contributed by atoms with Crippen LogP contribution in [0.4, 0.5) is 0 Å². The van der Waals surface area contributed by atoms with Gasteiger partial charge in [-0.3, -0.25) is 38.4 Å². The molecule has 1 aliphatic rings. The number of rotatable bonds is 19. The second kappa shape index (κ2) is 20.2. The van der Waals surface area contributed by atoms with E-state index < -0.39 is 108 Å². The number of carbonyl (C=O) groups is 8. The van der Waals surface area contributed by atoms with Gasteiger partial charge in [0.25, 0.3) is 0 Å². The zero-order valence-corrected chi connectivity index (χ0v) is 32.7. The van der Waals surface area contributed by atoms with Crippen LogP contribution in [0.2, 0.25) is 0 Å². The van der Waals surface area contributed by atoms with Crippen molar-refractivity contribution in [3.05, 3.63) is 65.2 Å². The third kappa shape index (κ3) is 13.0. The van der Waals surface area contributed by atoms with Crippen LogP contribution in [-0.4, -0.2) is 99.8 Å². The van der Waals surface area contributed by atoms with Gasteiger partial charge in [0.1, 0.15) is 35.5 Å². The van der Waals surface area contributed by atoms with Gasteiger partial charge in [-0.25, -0.2) is 0 Å². The molecule has 0 aliphatic heterocycles. The maximum Gasteiger partial charge on any atom is 0.305 e. The minimum atomic E-state index is -1.72. The van der Waals surface area contributed by atoms with Gasteiger partial charge in [-0.15, -0.1) is 0 Å². The maximum atomic E-state index is 14.3. The van der Waals surface area contributed by atoms with Crippen LogP contribution in [0, 0.1) is 11.8 Å². The fourth-order valence-electron chi connectivity index (χ4n) is 6.33. The van der Waals surface area contributed by atoms with Gasteiger partial charge in [-0.2, -0.15) is 0 Å². The van der Waals surface area contributed by atoms with E-state index in [1.54, 1.807) is 52.0 Å². The number of nitrogens with one attached hydrogen (secondary N) is 6. The summed E-state index contributed by atoms with van der Waals surface area (Å²) in [5, 5.41) is 34.5. The Bertz CT molecular complexity index is 1820. The highest BCUT2D eigenvalue weighted by molar-refractivity contribution is 5.99. The number of amides is 7. The lowest BCUT2D eigenvalue weighted by molar-refractivity contribution is -0.143. The summed E-state index contributed by atoms with van der Waals surface area (Å²) in [5.74, 6) is -7.96. The average molecular weight is 795 g/mol.